The lowest BCUT2D eigenvalue weighted by Crippen LogP contribution is -2.46. The Balaban J connectivity index is 1.22. The van der Waals surface area contributed by atoms with E-state index in [9.17, 15) is 9.18 Å². The molecule has 2 aromatic heterocycles. The van der Waals surface area contributed by atoms with Crippen LogP contribution in [0.15, 0.2) is 30.6 Å². The summed E-state index contributed by atoms with van der Waals surface area (Å²) in [5.74, 6) is 0.811. The normalized spacial score (nSPS) is 18.7. The molecule has 1 unspecified atom stereocenters. The first-order valence-electron chi connectivity index (χ1n) is 12.3. The molecule has 1 aromatic carbocycles. The predicted octanol–water partition coefficient (Wildman–Crippen LogP) is 3.85. The molecule has 7 nitrogen and oxygen atoms in total. The molecular formula is C26H32FN5O2S. The highest BCUT2D eigenvalue weighted by atomic mass is 32.1. The van der Waals surface area contributed by atoms with E-state index in [1.807, 2.05) is 12.1 Å². The number of halogens is 1. The first-order chi connectivity index (χ1) is 17.0. The number of hydrogen-bond donors (Lipinski definition) is 1. The second kappa shape index (κ2) is 10.6. The molecule has 9 heteroatoms. The minimum Gasteiger partial charge on any atom is -0.379 e. The van der Waals surface area contributed by atoms with Crippen LogP contribution in [0.4, 0.5) is 10.2 Å². The van der Waals surface area contributed by atoms with E-state index < -0.39 is 0 Å². The van der Waals surface area contributed by atoms with Gasteiger partial charge in [-0.05, 0) is 49.9 Å². The number of benzene rings is 1. The summed E-state index contributed by atoms with van der Waals surface area (Å²) in [5.41, 5.74) is 2.26. The van der Waals surface area contributed by atoms with E-state index in [4.69, 9.17) is 4.74 Å². The van der Waals surface area contributed by atoms with E-state index in [1.165, 1.54) is 22.6 Å². The number of piperidine rings is 1. The monoisotopic (exact) mass is 497 g/mol. The number of carbonyl (C=O) groups is 1. The van der Waals surface area contributed by atoms with Gasteiger partial charge in [0.1, 0.15) is 22.8 Å². The van der Waals surface area contributed by atoms with Crippen molar-refractivity contribution < 1.29 is 13.9 Å². The van der Waals surface area contributed by atoms with Gasteiger partial charge in [0.25, 0.3) is 0 Å². The molecule has 0 radical (unpaired) electrons. The molecule has 1 N–H and O–H groups in total. The number of morpholine rings is 1. The minimum atomic E-state index is -0.251. The van der Waals surface area contributed by atoms with Crippen molar-refractivity contribution in [2.45, 2.75) is 32.7 Å². The summed E-state index contributed by atoms with van der Waals surface area (Å²) >= 11 is 1.71. The average Bonchev–Trinajstić information content (AvgIpc) is 3.19. The zero-order valence-electron chi connectivity index (χ0n) is 20.3. The van der Waals surface area contributed by atoms with E-state index >= 15 is 0 Å². The number of aromatic nitrogens is 2. The van der Waals surface area contributed by atoms with Crippen LogP contribution in [0.5, 0.6) is 0 Å². The van der Waals surface area contributed by atoms with Crippen molar-refractivity contribution in [2.24, 2.45) is 5.92 Å². The fourth-order valence-electron chi connectivity index (χ4n) is 5.13. The molecule has 0 bridgehead atoms. The topological polar surface area (TPSA) is 70.6 Å². The maximum Gasteiger partial charge on any atom is 0.223 e. The van der Waals surface area contributed by atoms with Gasteiger partial charge in [-0.25, -0.2) is 14.4 Å². The minimum absolute atomic E-state index is 0.00245. The molecule has 2 aliphatic rings. The van der Waals surface area contributed by atoms with Crippen LogP contribution >= 0.6 is 11.3 Å². The molecule has 4 heterocycles. The highest BCUT2D eigenvalue weighted by Gasteiger charge is 2.29. The Morgan fingerprint density at radius 1 is 1.14 bits per heavy atom. The van der Waals surface area contributed by atoms with Gasteiger partial charge in [-0.15, -0.1) is 11.3 Å². The van der Waals surface area contributed by atoms with Gasteiger partial charge in [0, 0.05) is 43.5 Å². The molecule has 2 saturated heterocycles. The van der Waals surface area contributed by atoms with Gasteiger partial charge >= 0.3 is 0 Å². The number of rotatable bonds is 6. The Morgan fingerprint density at radius 2 is 1.86 bits per heavy atom. The number of amides is 1. The zero-order chi connectivity index (χ0) is 24.4. The SMILES string of the molecule is Cc1sc2ncnc(N3CCC(C(=O)NCC(c4ccc(F)cc4)N4CCOCC4)CC3)c2c1C. The number of nitrogens with zero attached hydrogens (tertiary/aromatic N) is 4. The highest BCUT2D eigenvalue weighted by Crippen LogP contribution is 2.35. The summed E-state index contributed by atoms with van der Waals surface area (Å²) in [6.07, 6.45) is 3.23. The third kappa shape index (κ3) is 5.17. The smallest absolute Gasteiger partial charge is 0.223 e. The molecule has 1 atom stereocenters. The molecule has 0 aliphatic carbocycles. The van der Waals surface area contributed by atoms with Crippen LogP contribution in [0.3, 0.4) is 0 Å². The van der Waals surface area contributed by atoms with E-state index in [1.54, 1.807) is 17.7 Å². The lowest BCUT2D eigenvalue weighted by atomic mass is 9.95. The van der Waals surface area contributed by atoms with Gasteiger partial charge in [0.15, 0.2) is 0 Å². The van der Waals surface area contributed by atoms with E-state index in [2.05, 4.69) is 38.9 Å². The van der Waals surface area contributed by atoms with Gasteiger partial charge in [0.2, 0.25) is 5.91 Å². The zero-order valence-corrected chi connectivity index (χ0v) is 21.1. The Labute approximate surface area is 209 Å². The largest absolute Gasteiger partial charge is 0.379 e. The molecule has 1 amide bonds. The number of fused-ring (bicyclic) bond motifs is 1. The van der Waals surface area contributed by atoms with Crippen molar-refractivity contribution in [3.8, 4) is 0 Å². The standard InChI is InChI=1S/C26H32FN5O2S/c1-17-18(2)35-26-23(17)24(29-16-30-26)32-9-7-20(8-10-32)25(33)28-15-22(31-11-13-34-14-12-31)19-3-5-21(27)6-4-19/h3-6,16,20,22H,7-15H2,1-2H3,(H,28,33). The molecule has 2 aliphatic heterocycles. The van der Waals surface area contributed by atoms with Crippen LogP contribution in [-0.4, -0.2) is 66.7 Å². The number of ether oxygens (including phenoxy) is 1. The van der Waals surface area contributed by atoms with E-state index in [0.717, 1.165) is 60.6 Å². The molecule has 35 heavy (non-hydrogen) atoms. The van der Waals surface area contributed by atoms with E-state index in [-0.39, 0.29) is 23.7 Å². The predicted molar refractivity (Wildman–Crippen MR) is 136 cm³/mol. The lowest BCUT2D eigenvalue weighted by molar-refractivity contribution is -0.126. The summed E-state index contributed by atoms with van der Waals surface area (Å²) in [6.45, 7) is 9.28. The molecule has 5 rings (SSSR count). The number of anilines is 1. The van der Waals surface area contributed by atoms with Gasteiger partial charge < -0.3 is 15.0 Å². The molecule has 3 aromatic rings. The fraction of sp³-hybridized carbons (Fsp3) is 0.500. The second-order valence-corrected chi connectivity index (χ2v) is 10.6. The van der Waals surface area contributed by atoms with Gasteiger partial charge in [-0.2, -0.15) is 0 Å². The van der Waals surface area contributed by atoms with Gasteiger partial charge in [0.05, 0.1) is 24.6 Å². The van der Waals surface area contributed by atoms with Crippen LogP contribution in [-0.2, 0) is 9.53 Å². The average molecular weight is 498 g/mol. The Bertz CT molecular complexity index is 1170. The summed E-state index contributed by atoms with van der Waals surface area (Å²) in [7, 11) is 0. The van der Waals surface area contributed by atoms with Gasteiger partial charge in [-0.1, -0.05) is 12.1 Å². The maximum absolute atomic E-state index is 13.5. The van der Waals surface area contributed by atoms with Crippen LogP contribution in [0, 0.1) is 25.6 Å². The third-order valence-electron chi connectivity index (χ3n) is 7.32. The van der Waals surface area contributed by atoms with Crippen molar-refractivity contribution in [3.63, 3.8) is 0 Å². The third-order valence-corrected chi connectivity index (χ3v) is 8.44. The molecular weight excluding hydrogens is 465 g/mol. The fourth-order valence-corrected chi connectivity index (χ4v) is 6.12. The van der Waals surface area contributed by atoms with Crippen molar-refractivity contribution in [2.75, 3.05) is 50.8 Å². The molecule has 2 fully saturated rings. The number of nitrogens with one attached hydrogen (secondary N) is 1. The first-order valence-corrected chi connectivity index (χ1v) is 13.1. The lowest BCUT2D eigenvalue weighted by Gasteiger charge is -2.36. The Morgan fingerprint density at radius 3 is 2.57 bits per heavy atom. The molecule has 186 valence electrons. The highest BCUT2D eigenvalue weighted by molar-refractivity contribution is 7.18. The second-order valence-electron chi connectivity index (χ2n) is 9.38. The first kappa shape index (κ1) is 24.1. The maximum atomic E-state index is 13.5. The van der Waals surface area contributed by atoms with Crippen molar-refractivity contribution in [3.05, 3.63) is 52.4 Å². The van der Waals surface area contributed by atoms with Gasteiger partial charge in [-0.3, -0.25) is 9.69 Å². The van der Waals surface area contributed by atoms with Crippen molar-refractivity contribution >= 4 is 33.3 Å². The number of hydrogen-bond acceptors (Lipinski definition) is 7. The van der Waals surface area contributed by atoms with Crippen molar-refractivity contribution in [1.82, 2.24) is 20.2 Å². The number of thiophene rings is 1. The van der Waals surface area contributed by atoms with Crippen LogP contribution in [0.25, 0.3) is 10.2 Å². The van der Waals surface area contributed by atoms with Crippen molar-refractivity contribution in [1.29, 1.82) is 0 Å². The van der Waals surface area contributed by atoms with Crippen LogP contribution in [0.1, 0.15) is 34.9 Å². The molecule has 0 spiro atoms. The number of carbonyl (C=O) groups excluding carboxylic acids is 1. The summed E-state index contributed by atoms with van der Waals surface area (Å²) in [5, 5.41) is 4.35. The Kier molecular flexibility index (Phi) is 7.27. The summed E-state index contributed by atoms with van der Waals surface area (Å²) in [4.78, 5) is 29.1. The summed E-state index contributed by atoms with van der Waals surface area (Å²) < 4.78 is 19.0. The van der Waals surface area contributed by atoms with E-state index in [0.29, 0.717) is 19.8 Å². The number of aryl methyl sites for hydroxylation is 2. The quantitative estimate of drug-likeness (QED) is 0.558. The Hall–Kier alpha value is -2.62. The van der Waals surface area contributed by atoms with Crippen LogP contribution < -0.4 is 10.2 Å². The van der Waals surface area contributed by atoms with Crippen LogP contribution in [0.2, 0.25) is 0 Å². The molecule has 0 saturated carbocycles. The summed E-state index contributed by atoms with van der Waals surface area (Å²) in [6, 6.07) is 6.61.